The molecule has 0 aromatic heterocycles. The summed E-state index contributed by atoms with van der Waals surface area (Å²) < 4.78 is 0.713. The minimum Gasteiger partial charge on any atom is -0.325 e. The molecule has 1 aromatic rings. The van der Waals surface area contributed by atoms with Crippen LogP contribution in [0.1, 0.15) is 36.7 Å². The normalized spacial score (nSPS) is 11.2. The van der Waals surface area contributed by atoms with E-state index in [1.165, 1.54) is 14.2 Å². The highest BCUT2D eigenvalue weighted by Crippen LogP contribution is 2.27. The van der Waals surface area contributed by atoms with Gasteiger partial charge in [0.05, 0.1) is 7.11 Å². The van der Waals surface area contributed by atoms with Gasteiger partial charge in [-0.05, 0) is 24.6 Å². The molecule has 0 aliphatic heterocycles. The summed E-state index contributed by atoms with van der Waals surface area (Å²) >= 11 is 3.36. The highest BCUT2D eigenvalue weighted by atomic mass is 79.9. The van der Waals surface area contributed by atoms with Gasteiger partial charge in [-0.2, -0.15) is 0 Å². The molecule has 21 heavy (non-hydrogen) atoms. The lowest BCUT2D eigenvalue weighted by Crippen LogP contribution is -2.29. The Morgan fingerprint density at radius 3 is 2.33 bits per heavy atom. The summed E-state index contributed by atoms with van der Waals surface area (Å²) in [5.74, 6) is -0.384. The van der Waals surface area contributed by atoms with Crippen LogP contribution in [0.5, 0.6) is 0 Å². The van der Waals surface area contributed by atoms with Crippen LogP contribution >= 0.6 is 15.9 Å². The van der Waals surface area contributed by atoms with E-state index in [1.807, 2.05) is 20.8 Å². The maximum atomic E-state index is 12.3. The van der Waals surface area contributed by atoms with E-state index in [4.69, 9.17) is 4.84 Å². The number of nitrogens with zero attached hydrogens (tertiary/aromatic N) is 1. The lowest BCUT2D eigenvalue weighted by molar-refractivity contribution is -0.123. The number of rotatable bonds is 3. The predicted molar refractivity (Wildman–Crippen MR) is 86.1 cm³/mol. The van der Waals surface area contributed by atoms with Gasteiger partial charge in [0.1, 0.15) is 0 Å². The van der Waals surface area contributed by atoms with Crippen LogP contribution in [0.25, 0.3) is 0 Å². The third-order valence-corrected chi connectivity index (χ3v) is 3.55. The fraction of sp³-hybridized carbons (Fsp3) is 0.467. The number of halogens is 1. The molecule has 0 aliphatic rings. The summed E-state index contributed by atoms with van der Waals surface area (Å²) in [5, 5.41) is 4.01. The van der Waals surface area contributed by atoms with Crippen molar-refractivity contribution in [2.75, 3.05) is 19.5 Å². The molecule has 5 nitrogen and oxygen atoms in total. The molecule has 0 radical (unpaired) electrons. The standard InChI is InChI=1S/C15H21BrN2O3/c1-9-11(13(19)18(5)21-6)7-10(16)8-12(9)17-14(20)15(2,3)4/h7-8H,1-6H3,(H,17,20). The molecule has 1 N–H and O–H groups in total. The quantitative estimate of drug-likeness (QED) is 0.844. The number of carbonyl (C=O) groups excluding carboxylic acids is 2. The van der Waals surface area contributed by atoms with Crippen LogP contribution in [0.4, 0.5) is 5.69 Å². The fourth-order valence-corrected chi connectivity index (χ4v) is 2.05. The molecule has 0 unspecified atom stereocenters. The number of hydrogen-bond acceptors (Lipinski definition) is 3. The van der Waals surface area contributed by atoms with Gasteiger partial charge in [-0.1, -0.05) is 36.7 Å². The second-order valence-corrected chi connectivity index (χ2v) is 6.73. The van der Waals surface area contributed by atoms with Gasteiger partial charge < -0.3 is 5.32 Å². The van der Waals surface area contributed by atoms with Crippen molar-refractivity contribution in [3.8, 4) is 0 Å². The predicted octanol–water partition coefficient (Wildman–Crippen LogP) is 3.38. The number of hydroxylamine groups is 2. The van der Waals surface area contributed by atoms with E-state index >= 15 is 0 Å². The Balaban J connectivity index is 3.22. The molecule has 0 spiro atoms. The molecule has 6 heteroatoms. The lowest BCUT2D eigenvalue weighted by Gasteiger charge is -2.21. The van der Waals surface area contributed by atoms with E-state index < -0.39 is 5.41 Å². The zero-order valence-electron chi connectivity index (χ0n) is 13.2. The van der Waals surface area contributed by atoms with Crippen molar-refractivity contribution < 1.29 is 14.4 Å². The van der Waals surface area contributed by atoms with E-state index in [9.17, 15) is 9.59 Å². The summed E-state index contributed by atoms with van der Waals surface area (Å²) in [5.41, 5.74) is 1.27. The third-order valence-electron chi connectivity index (χ3n) is 3.09. The first kappa shape index (κ1) is 17.7. The van der Waals surface area contributed by atoms with E-state index in [0.717, 1.165) is 5.06 Å². The van der Waals surface area contributed by atoms with Crippen LogP contribution in [0.2, 0.25) is 0 Å². The van der Waals surface area contributed by atoms with E-state index in [1.54, 1.807) is 19.1 Å². The number of carbonyl (C=O) groups is 2. The maximum Gasteiger partial charge on any atom is 0.277 e. The number of anilines is 1. The van der Waals surface area contributed by atoms with E-state index in [0.29, 0.717) is 21.3 Å². The lowest BCUT2D eigenvalue weighted by atomic mass is 9.95. The van der Waals surface area contributed by atoms with Gasteiger partial charge in [-0.3, -0.25) is 14.4 Å². The topological polar surface area (TPSA) is 58.6 Å². The molecule has 0 atom stereocenters. The number of hydrogen-bond donors (Lipinski definition) is 1. The van der Waals surface area contributed by atoms with Crippen molar-refractivity contribution in [3.05, 3.63) is 27.7 Å². The van der Waals surface area contributed by atoms with Crippen LogP contribution in [0.3, 0.4) is 0 Å². The summed E-state index contributed by atoms with van der Waals surface area (Å²) in [7, 11) is 2.96. The van der Waals surface area contributed by atoms with Crippen molar-refractivity contribution >= 4 is 33.4 Å². The Kier molecular flexibility index (Phi) is 5.53. The zero-order valence-corrected chi connectivity index (χ0v) is 14.8. The molecule has 0 fully saturated rings. The van der Waals surface area contributed by atoms with Crippen molar-refractivity contribution in [1.82, 2.24) is 5.06 Å². The largest absolute Gasteiger partial charge is 0.325 e. The third kappa shape index (κ3) is 4.28. The van der Waals surface area contributed by atoms with Gasteiger partial charge >= 0.3 is 0 Å². The second-order valence-electron chi connectivity index (χ2n) is 5.82. The van der Waals surface area contributed by atoms with Crippen LogP contribution in [-0.2, 0) is 9.63 Å². The van der Waals surface area contributed by atoms with Crippen LogP contribution in [0.15, 0.2) is 16.6 Å². The summed E-state index contributed by atoms with van der Waals surface area (Å²) in [6.45, 7) is 7.29. The van der Waals surface area contributed by atoms with Crippen LogP contribution < -0.4 is 5.32 Å². The molecule has 1 rings (SSSR count). The van der Waals surface area contributed by atoms with Crippen LogP contribution in [0, 0.1) is 12.3 Å². The highest BCUT2D eigenvalue weighted by molar-refractivity contribution is 9.10. The Morgan fingerprint density at radius 1 is 1.29 bits per heavy atom. The highest BCUT2D eigenvalue weighted by Gasteiger charge is 2.23. The van der Waals surface area contributed by atoms with Gasteiger partial charge in [0.25, 0.3) is 5.91 Å². The summed E-state index contributed by atoms with van der Waals surface area (Å²) in [6.07, 6.45) is 0. The smallest absolute Gasteiger partial charge is 0.277 e. The minimum atomic E-state index is -0.512. The Morgan fingerprint density at radius 2 is 1.86 bits per heavy atom. The average molecular weight is 357 g/mol. The Hall–Kier alpha value is -1.40. The summed E-state index contributed by atoms with van der Waals surface area (Å²) in [4.78, 5) is 29.3. The monoisotopic (exact) mass is 356 g/mol. The summed E-state index contributed by atoms with van der Waals surface area (Å²) in [6, 6.07) is 3.49. The number of benzene rings is 1. The fourth-order valence-electron chi connectivity index (χ4n) is 1.59. The van der Waals surface area contributed by atoms with Crippen molar-refractivity contribution in [2.24, 2.45) is 5.41 Å². The maximum absolute atomic E-state index is 12.3. The molecule has 116 valence electrons. The molecule has 0 saturated heterocycles. The van der Waals surface area contributed by atoms with Gasteiger partial charge in [-0.15, -0.1) is 0 Å². The van der Waals surface area contributed by atoms with Crippen molar-refractivity contribution in [2.45, 2.75) is 27.7 Å². The van der Waals surface area contributed by atoms with Crippen LogP contribution in [-0.4, -0.2) is 31.0 Å². The van der Waals surface area contributed by atoms with Crippen molar-refractivity contribution in [1.29, 1.82) is 0 Å². The molecular formula is C15H21BrN2O3. The first-order chi connectivity index (χ1) is 9.57. The van der Waals surface area contributed by atoms with E-state index in [2.05, 4.69) is 21.2 Å². The van der Waals surface area contributed by atoms with Gasteiger partial charge in [0.15, 0.2) is 0 Å². The first-order valence-corrected chi connectivity index (χ1v) is 7.31. The Labute approximate surface area is 133 Å². The molecule has 0 saturated carbocycles. The van der Waals surface area contributed by atoms with Gasteiger partial charge in [0.2, 0.25) is 5.91 Å². The zero-order chi connectivity index (χ0) is 16.4. The van der Waals surface area contributed by atoms with Gasteiger partial charge in [0, 0.05) is 28.2 Å². The Bertz CT molecular complexity index is 565. The second kappa shape index (κ2) is 6.58. The van der Waals surface area contributed by atoms with E-state index in [-0.39, 0.29) is 11.8 Å². The first-order valence-electron chi connectivity index (χ1n) is 6.51. The minimum absolute atomic E-state index is 0.109. The molecule has 1 aromatic carbocycles. The van der Waals surface area contributed by atoms with Gasteiger partial charge in [-0.25, -0.2) is 5.06 Å². The molecule has 0 bridgehead atoms. The van der Waals surface area contributed by atoms with Crippen molar-refractivity contribution in [3.63, 3.8) is 0 Å². The molecule has 0 aliphatic carbocycles. The number of amides is 2. The number of nitrogens with one attached hydrogen (secondary N) is 1. The molecular weight excluding hydrogens is 336 g/mol. The molecule has 2 amide bonds. The molecule has 0 heterocycles. The average Bonchev–Trinajstić information content (AvgIpc) is 2.39. The SMILES string of the molecule is CON(C)C(=O)c1cc(Br)cc(NC(=O)C(C)(C)C)c1C.